The topological polar surface area (TPSA) is 94.9 Å². The second-order valence-electron chi connectivity index (χ2n) is 6.47. The summed E-state index contributed by atoms with van der Waals surface area (Å²) in [6, 6.07) is 14.9. The summed E-state index contributed by atoms with van der Waals surface area (Å²) in [5, 5.41) is 19.6. The molecular formula is C22H17BrFNO5S. The molecule has 2 N–H and O–H groups in total. The molecule has 0 aliphatic carbocycles. The Morgan fingerprint density at radius 1 is 1.10 bits per heavy atom. The Balaban J connectivity index is 2.22. The number of sulfonamides is 1. The molecule has 160 valence electrons. The number of rotatable bonds is 7. The molecule has 6 nitrogen and oxygen atoms in total. The zero-order chi connectivity index (χ0) is 22.8. The van der Waals surface area contributed by atoms with Gasteiger partial charge in [0.1, 0.15) is 16.5 Å². The van der Waals surface area contributed by atoms with Crippen molar-refractivity contribution in [3.63, 3.8) is 0 Å². The number of aromatic carboxylic acids is 1. The van der Waals surface area contributed by atoms with Crippen LogP contribution >= 0.6 is 15.9 Å². The molecule has 0 radical (unpaired) electrons. The lowest BCUT2D eigenvalue weighted by molar-refractivity contribution is 0.0696. The van der Waals surface area contributed by atoms with Crippen LogP contribution < -0.4 is 4.31 Å². The molecular weight excluding hydrogens is 489 g/mol. The first-order valence-corrected chi connectivity index (χ1v) is 11.1. The van der Waals surface area contributed by atoms with E-state index in [2.05, 4.69) is 22.5 Å². The molecule has 0 aliphatic rings. The van der Waals surface area contributed by atoms with Gasteiger partial charge in [-0.2, -0.15) is 0 Å². The Bertz CT molecular complexity index is 1260. The number of benzene rings is 3. The lowest BCUT2D eigenvalue weighted by Gasteiger charge is -2.25. The summed E-state index contributed by atoms with van der Waals surface area (Å²) in [4.78, 5) is 10.7. The molecule has 0 unspecified atom stereocenters. The Morgan fingerprint density at radius 3 is 2.39 bits per heavy atom. The number of halogens is 2. The summed E-state index contributed by atoms with van der Waals surface area (Å²) >= 11 is 2.97. The second-order valence-corrected chi connectivity index (χ2v) is 9.15. The van der Waals surface area contributed by atoms with Crippen molar-refractivity contribution in [3.8, 4) is 16.9 Å². The van der Waals surface area contributed by atoms with E-state index in [1.165, 1.54) is 18.2 Å². The molecule has 3 aromatic carbocycles. The molecule has 0 aromatic heterocycles. The van der Waals surface area contributed by atoms with Crippen molar-refractivity contribution in [1.82, 2.24) is 0 Å². The highest BCUT2D eigenvalue weighted by atomic mass is 79.9. The monoisotopic (exact) mass is 505 g/mol. The number of phenolic OH excluding ortho intramolecular Hbond substituents is 1. The number of carboxylic acids is 1. The highest BCUT2D eigenvalue weighted by Gasteiger charge is 2.31. The van der Waals surface area contributed by atoms with E-state index < -0.39 is 32.5 Å². The summed E-state index contributed by atoms with van der Waals surface area (Å²) in [7, 11) is -4.57. The fraction of sp³-hybridized carbons (Fsp3) is 0.0455. The third-order valence-electron chi connectivity index (χ3n) is 4.46. The molecule has 0 heterocycles. The molecule has 0 saturated carbocycles. The van der Waals surface area contributed by atoms with E-state index in [0.717, 1.165) is 28.1 Å². The van der Waals surface area contributed by atoms with Crippen molar-refractivity contribution < 1.29 is 27.8 Å². The number of hydrogen-bond donors (Lipinski definition) is 2. The van der Waals surface area contributed by atoms with E-state index in [0.29, 0.717) is 5.56 Å². The van der Waals surface area contributed by atoms with Gasteiger partial charge in [-0.25, -0.2) is 17.6 Å². The van der Waals surface area contributed by atoms with Crippen molar-refractivity contribution in [2.24, 2.45) is 0 Å². The first-order valence-electron chi connectivity index (χ1n) is 8.91. The molecule has 0 spiro atoms. The third-order valence-corrected chi connectivity index (χ3v) is 6.86. The van der Waals surface area contributed by atoms with Crippen LogP contribution in [0.5, 0.6) is 5.75 Å². The standard InChI is InChI=1S/C22H17BrFNO5S/c1-2-10-25(19-12-15(8-9-18(19)24)14-6-4-3-5-7-14)31(29,30)20-13-16(22(27)28)11-17(23)21(20)26/h2-9,11-13,26H,1,10H2,(H,27,28). The smallest absolute Gasteiger partial charge is 0.335 e. The molecule has 0 saturated heterocycles. The first-order chi connectivity index (χ1) is 14.7. The van der Waals surface area contributed by atoms with Crippen molar-refractivity contribution in [1.29, 1.82) is 0 Å². The number of anilines is 1. The zero-order valence-electron chi connectivity index (χ0n) is 16.0. The van der Waals surface area contributed by atoms with E-state index in [-0.39, 0.29) is 22.3 Å². The fourth-order valence-corrected chi connectivity index (χ4v) is 5.13. The van der Waals surface area contributed by atoms with E-state index in [1.54, 1.807) is 24.3 Å². The minimum absolute atomic E-state index is 0.122. The summed E-state index contributed by atoms with van der Waals surface area (Å²) < 4.78 is 42.2. The van der Waals surface area contributed by atoms with Gasteiger partial charge in [0, 0.05) is 0 Å². The van der Waals surface area contributed by atoms with Crippen LogP contribution in [0.4, 0.5) is 10.1 Å². The minimum Gasteiger partial charge on any atom is -0.505 e. The SMILES string of the molecule is C=CCN(c1cc(-c2ccccc2)ccc1F)S(=O)(=O)c1cc(C(=O)O)cc(Br)c1O. The fourth-order valence-electron chi connectivity index (χ4n) is 2.97. The van der Waals surface area contributed by atoms with Gasteiger partial charge in [0.15, 0.2) is 0 Å². The number of carboxylic acid groups (broad SMARTS) is 1. The van der Waals surface area contributed by atoms with Gasteiger partial charge in [-0.05, 0) is 51.3 Å². The van der Waals surface area contributed by atoms with E-state index in [4.69, 9.17) is 0 Å². The minimum atomic E-state index is -4.57. The van der Waals surface area contributed by atoms with Crippen molar-refractivity contribution in [2.45, 2.75) is 4.90 Å². The van der Waals surface area contributed by atoms with Gasteiger partial charge in [-0.15, -0.1) is 6.58 Å². The maximum Gasteiger partial charge on any atom is 0.335 e. The van der Waals surface area contributed by atoms with Crippen LogP contribution in [-0.4, -0.2) is 31.1 Å². The average molecular weight is 506 g/mol. The van der Waals surface area contributed by atoms with Crippen molar-refractivity contribution in [3.05, 3.63) is 89.2 Å². The highest BCUT2D eigenvalue weighted by molar-refractivity contribution is 9.10. The van der Waals surface area contributed by atoms with Crippen LogP contribution in [0.25, 0.3) is 11.1 Å². The Labute approximate surface area is 187 Å². The molecule has 0 aliphatic heterocycles. The Hall–Kier alpha value is -3.17. The average Bonchev–Trinajstić information content (AvgIpc) is 2.74. The van der Waals surface area contributed by atoms with Crippen LogP contribution in [0.2, 0.25) is 0 Å². The summed E-state index contributed by atoms with van der Waals surface area (Å²) in [5.74, 6) is -2.87. The molecule has 0 atom stereocenters. The van der Waals surface area contributed by atoms with Gasteiger partial charge in [-0.3, -0.25) is 4.31 Å². The lowest BCUT2D eigenvalue weighted by atomic mass is 10.1. The molecule has 0 bridgehead atoms. The van der Waals surface area contributed by atoms with Crippen molar-refractivity contribution in [2.75, 3.05) is 10.8 Å². The van der Waals surface area contributed by atoms with Crippen LogP contribution in [-0.2, 0) is 10.0 Å². The maximum absolute atomic E-state index is 14.8. The van der Waals surface area contributed by atoms with Gasteiger partial charge in [0.05, 0.1) is 22.3 Å². The van der Waals surface area contributed by atoms with Crippen LogP contribution in [0.1, 0.15) is 10.4 Å². The first kappa shape index (κ1) is 22.5. The number of aromatic hydroxyl groups is 1. The largest absolute Gasteiger partial charge is 0.505 e. The van der Waals surface area contributed by atoms with Gasteiger partial charge in [-0.1, -0.05) is 42.5 Å². The predicted molar refractivity (Wildman–Crippen MR) is 119 cm³/mol. The Kier molecular flexibility index (Phi) is 6.47. The van der Waals surface area contributed by atoms with Crippen LogP contribution in [0.3, 0.4) is 0 Å². The van der Waals surface area contributed by atoms with E-state index in [1.807, 2.05) is 6.07 Å². The maximum atomic E-state index is 14.8. The normalized spacial score (nSPS) is 11.2. The molecule has 3 rings (SSSR count). The summed E-state index contributed by atoms with van der Waals surface area (Å²) in [6.45, 7) is 3.22. The quantitative estimate of drug-likeness (QED) is 0.438. The van der Waals surface area contributed by atoms with Gasteiger partial charge in [0.2, 0.25) is 0 Å². The van der Waals surface area contributed by atoms with Crippen LogP contribution in [0.15, 0.2) is 82.7 Å². The zero-order valence-corrected chi connectivity index (χ0v) is 18.4. The summed E-state index contributed by atoms with van der Waals surface area (Å²) in [5.41, 5.74) is 0.696. The number of nitrogens with zero attached hydrogens (tertiary/aromatic N) is 1. The highest BCUT2D eigenvalue weighted by Crippen LogP contribution is 2.37. The molecule has 0 fully saturated rings. The Morgan fingerprint density at radius 2 is 1.77 bits per heavy atom. The van der Waals surface area contributed by atoms with Gasteiger partial charge in [0.25, 0.3) is 10.0 Å². The number of hydrogen-bond acceptors (Lipinski definition) is 4. The van der Waals surface area contributed by atoms with Crippen LogP contribution in [0, 0.1) is 5.82 Å². The summed E-state index contributed by atoms with van der Waals surface area (Å²) in [6.07, 6.45) is 1.26. The van der Waals surface area contributed by atoms with Crippen molar-refractivity contribution >= 4 is 37.6 Å². The molecule has 3 aromatic rings. The number of phenols is 1. The molecule has 0 amide bonds. The second kappa shape index (κ2) is 8.91. The lowest BCUT2D eigenvalue weighted by Crippen LogP contribution is -2.32. The van der Waals surface area contributed by atoms with Gasteiger partial charge < -0.3 is 10.2 Å². The van der Waals surface area contributed by atoms with E-state index in [9.17, 15) is 27.8 Å². The molecule has 31 heavy (non-hydrogen) atoms. The molecule has 9 heteroatoms. The predicted octanol–water partition coefficient (Wildman–Crippen LogP) is 5.04. The third kappa shape index (κ3) is 4.47. The van der Waals surface area contributed by atoms with Gasteiger partial charge >= 0.3 is 5.97 Å². The van der Waals surface area contributed by atoms with E-state index >= 15 is 0 Å². The number of carbonyl (C=O) groups is 1.